The van der Waals surface area contributed by atoms with E-state index in [2.05, 4.69) is 42.4 Å². The zero-order valence-corrected chi connectivity index (χ0v) is 10.7. The maximum atomic E-state index is 5.92. The summed E-state index contributed by atoms with van der Waals surface area (Å²) >= 11 is 0. The number of hydrogen-bond donors (Lipinski definition) is 1. The van der Waals surface area contributed by atoms with Crippen molar-refractivity contribution in [2.24, 2.45) is 4.99 Å². The van der Waals surface area contributed by atoms with E-state index in [-0.39, 0.29) is 0 Å². The molecule has 3 heteroatoms. The first-order chi connectivity index (χ1) is 8.78. The maximum absolute atomic E-state index is 5.92. The summed E-state index contributed by atoms with van der Waals surface area (Å²) in [5.74, 6) is 1.71. The Labute approximate surface area is 107 Å². The van der Waals surface area contributed by atoms with Crippen LogP contribution in [0.5, 0.6) is 5.75 Å². The molecule has 0 saturated heterocycles. The molecule has 0 unspecified atom stereocenters. The van der Waals surface area contributed by atoms with E-state index in [9.17, 15) is 0 Å². The molecule has 0 radical (unpaired) electrons. The molecule has 1 heterocycles. The second kappa shape index (κ2) is 4.33. The standard InChI is InChI=1S/C15H16N2O/c1-3-16-12-9-15-13(8-10(12)2)17-11-6-4-5-7-14(11)18-15/h4,6-9,16H,3,5H2,1-2H3. The van der Waals surface area contributed by atoms with Crippen molar-refractivity contribution >= 4 is 17.1 Å². The van der Waals surface area contributed by atoms with Crippen LogP contribution in [-0.2, 0) is 0 Å². The number of aliphatic imine (C=N–C) groups is 1. The highest BCUT2D eigenvalue weighted by molar-refractivity contribution is 6.10. The molecule has 3 rings (SSSR count). The molecule has 1 aliphatic heterocycles. The molecule has 0 amide bonds. The van der Waals surface area contributed by atoms with Gasteiger partial charge in [-0.1, -0.05) is 6.08 Å². The Morgan fingerprint density at radius 3 is 3.11 bits per heavy atom. The van der Waals surface area contributed by atoms with Crippen LogP contribution in [0.15, 0.2) is 41.1 Å². The number of ether oxygens (including phenoxy) is 1. The Kier molecular flexibility index (Phi) is 2.67. The summed E-state index contributed by atoms with van der Waals surface area (Å²) in [5.41, 5.74) is 4.13. The number of anilines is 1. The first-order valence-corrected chi connectivity index (χ1v) is 6.30. The van der Waals surface area contributed by atoms with Gasteiger partial charge in [0.1, 0.15) is 17.2 Å². The van der Waals surface area contributed by atoms with Crippen LogP contribution in [-0.4, -0.2) is 12.3 Å². The van der Waals surface area contributed by atoms with Gasteiger partial charge in [0.2, 0.25) is 0 Å². The lowest BCUT2D eigenvalue weighted by molar-refractivity contribution is 0.448. The molecule has 92 valence electrons. The lowest BCUT2D eigenvalue weighted by atomic mass is 10.1. The number of rotatable bonds is 2. The molecule has 0 spiro atoms. The van der Waals surface area contributed by atoms with E-state index in [4.69, 9.17) is 4.74 Å². The normalized spacial score (nSPS) is 16.1. The Morgan fingerprint density at radius 2 is 2.28 bits per heavy atom. The van der Waals surface area contributed by atoms with Crippen LogP contribution in [0.3, 0.4) is 0 Å². The van der Waals surface area contributed by atoms with E-state index in [1.54, 1.807) is 0 Å². The second-order valence-corrected chi connectivity index (χ2v) is 4.47. The number of allylic oxidation sites excluding steroid dienone is 3. The number of hydrogen-bond acceptors (Lipinski definition) is 3. The zero-order chi connectivity index (χ0) is 12.5. The summed E-state index contributed by atoms with van der Waals surface area (Å²) in [6.07, 6.45) is 7.09. The minimum atomic E-state index is 0.835. The number of aryl methyl sites for hydroxylation is 1. The quantitative estimate of drug-likeness (QED) is 0.854. The SMILES string of the molecule is CCNc1cc2c(cc1C)N=C1C=CCC=C1O2. The van der Waals surface area contributed by atoms with E-state index in [1.807, 2.05) is 12.1 Å². The average molecular weight is 240 g/mol. The van der Waals surface area contributed by atoms with Crippen LogP contribution in [0, 0.1) is 6.92 Å². The Morgan fingerprint density at radius 1 is 1.39 bits per heavy atom. The molecule has 0 aromatic heterocycles. The average Bonchev–Trinajstić information content (AvgIpc) is 2.38. The van der Waals surface area contributed by atoms with Crippen LogP contribution >= 0.6 is 0 Å². The summed E-state index contributed by atoms with van der Waals surface area (Å²) in [6, 6.07) is 4.10. The van der Waals surface area contributed by atoms with Gasteiger partial charge in [-0.2, -0.15) is 0 Å². The summed E-state index contributed by atoms with van der Waals surface area (Å²) in [4.78, 5) is 4.64. The third-order valence-corrected chi connectivity index (χ3v) is 3.10. The zero-order valence-electron chi connectivity index (χ0n) is 10.7. The molecule has 1 aliphatic carbocycles. The molecule has 0 atom stereocenters. The number of fused-ring (bicyclic) bond motifs is 2. The fraction of sp³-hybridized carbons (Fsp3) is 0.267. The van der Waals surface area contributed by atoms with Gasteiger partial charge in [-0.3, -0.25) is 0 Å². The minimum absolute atomic E-state index is 0.835. The topological polar surface area (TPSA) is 33.6 Å². The Balaban J connectivity index is 2.07. The molecule has 1 aromatic carbocycles. The van der Waals surface area contributed by atoms with Gasteiger partial charge in [-0.15, -0.1) is 0 Å². The van der Waals surface area contributed by atoms with Gasteiger partial charge in [0.05, 0.1) is 0 Å². The predicted molar refractivity (Wildman–Crippen MR) is 74.9 cm³/mol. The number of benzene rings is 1. The van der Waals surface area contributed by atoms with Gasteiger partial charge in [0.25, 0.3) is 0 Å². The maximum Gasteiger partial charge on any atom is 0.155 e. The van der Waals surface area contributed by atoms with E-state index in [0.29, 0.717) is 0 Å². The van der Waals surface area contributed by atoms with Crippen molar-refractivity contribution in [2.45, 2.75) is 20.3 Å². The molecule has 1 aromatic rings. The van der Waals surface area contributed by atoms with Crippen LogP contribution in [0.4, 0.5) is 11.4 Å². The molecule has 0 bridgehead atoms. The molecule has 0 saturated carbocycles. The summed E-state index contributed by atoms with van der Waals surface area (Å²) in [7, 11) is 0. The van der Waals surface area contributed by atoms with Crippen LogP contribution in [0.2, 0.25) is 0 Å². The second-order valence-electron chi connectivity index (χ2n) is 4.47. The molecule has 18 heavy (non-hydrogen) atoms. The summed E-state index contributed by atoms with van der Waals surface area (Å²) in [5, 5.41) is 3.34. The molecule has 3 nitrogen and oxygen atoms in total. The van der Waals surface area contributed by atoms with Gasteiger partial charge in [0, 0.05) is 18.3 Å². The monoisotopic (exact) mass is 240 g/mol. The van der Waals surface area contributed by atoms with Gasteiger partial charge in [-0.05, 0) is 44.1 Å². The predicted octanol–water partition coefficient (Wildman–Crippen LogP) is 3.74. The summed E-state index contributed by atoms with van der Waals surface area (Å²) < 4.78 is 5.92. The fourth-order valence-electron chi connectivity index (χ4n) is 2.20. The van der Waals surface area contributed by atoms with E-state index in [1.165, 1.54) is 5.56 Å². The van der Waals surface area contributed by atoms with Crippen LogP contribution in [0.25, 0.3) is 0 Å². The first kappa shape index (κ1) is 11.1. The Bertz CT molecular complexity index is 582. The highest BCUT2D eigenvalue weighted by Crippen LogP contribution is 2.38. The van der Waals surface area contributed by atoms with Crippen molar-refractivity contribution in [1.29, 1.82) is 0 Å². The van der Waals surface area contributed by atoms with Gasteiger partial charge < -0.3 is 10.1 Å². The minimum Gasteiger partial charge on any atom is -0.453 e. The van der Waals surface area contributed by atoms with Crippen molar-refractivity contribution in [2.75, 3.05) is 11.9 Å². The third kappa shape index (κ3) is 1.82. The van der Waals surface area contributed by atoms with Crippen molar-refractivity contribution in [3.05, 3.63) is 41.7 Å². The van der Waals surface area contributed by atoms with Crippen molar-refractivity contribution in [1.82, 2.24) is 0 Å². The molecule has 2 aliphatic rings. The molecule has 1 N–H and O–H groups in total. The number of nitrogens with one attached hydrogen (secondary N) is 1. The third-order valence-electron chi connectivity index (χ3n) is 3.10. The van der Waals surface area contributed by atoms with Crippen LogP contribution in [0.1, 0.15) is 18.9 Å². The van der Waals surface area contributed by atoms with Gasteiger partial charge >= 0.3 is 0 Å². The van der Waals surface area contributed by atoms with E-state index < -0.39 is 0 Å². The fourth-order valence-corrected chi connectivity index (χ4v) is 2.20. The lowest BCUT2D eigenvalue weighted by Crippen LogP contribution is -2.13. The smallest absolute Gasteiger partial charge is 0.155 e. The highest BCUT2D eigenvalue weighted by Gasteiger charge is 2.19. The van der Waals surface area contributed by atoms with Gasteiger partial charge in [-0.25, -0.2) is 4.99 Å². The Hall–Kier alpha value is -2.03. The van der Waals surface area contributed by atoms with E-state index >= 15 is 0 Å². The van der Waals surface area contributed by atoms with Crippen molar-refractivity contribution < 1.29 is 4.74 Å². The summed E-state index contributed by atoms with van der Waals surface area (Å²) in [6.45, 7) is 5.07. The van der Waals surface area contributed by atoms with Crippen molar-refractivity contribution in [3.63, 3.8) is 0 Å². The lowest BCUT2D eigenvalue weighted by Gasteiger charge is -2.21. The number of nitrogens with zero attached hydrogens (tertiary/aromatic N) is 1. The molecular weight excluding hydrogens is 224 g/mol. The van der Waals surface area contributed by atoms with E-state index in [0.717, 1.165) is 41.6 Å². The first-order valence-electron chi connectivity index (χ1n) is 6.30. The van der Waals surface area contributed by atoms with Crippen LogP contribution < -0.4 is 10.1 Å². The molecular formula is C15H16N2O. The molecule has 0 fully saturated rings. The highest BCUT2D eigenvalue weighted by atomic mass is 16.5. The van der Waals surface area contributed by atoms with Gasteiger partial charge in [0.15, 0.2) is 5.75 Å². The largest absolute Gasteiger partial charge is 0.453 e. The van der Waals surface area contributed by atoms with Crippen molar-refractivity contribution in [3.8, 4) is 5.75 Å².